The molecule has 1 heterocycles. The quantitative estimate of drug-likeness (QED) is 0.371. The Morgan fingerprint density at radius 1 is 1.21 bits per heavy atom. The third kappa shape index (κ3) is 8.05. The molecule has 7 nitrogen and oxygen atoms in total. The highest BCUT2D eigenvalue weighted by molar-refractivity contribution is 6.32. The van der Waals surface area contributed by atoms with Crippen LogP contribution >= 0.6 is 23.2 Å². The second-order valence-electron chi connectivity index (χ2n) is 8.25. The van der Waals surface area contributed by atoms with Crippen molar-refractivity contribution in [2.45, 2.75) is 44.9 Å². The molecular formula is C24H31Cl2N3O4. The van der Waals surface area contributed by atoms with Gasteiger partial charge in [0.1, 0.15) is 24.2 Å². The summed E-state index contributed by atoms with van der Waals surface area (Å²) in [5.74, 6) is -0.0985. The zero-order chi connectivity index (χ0) is 23.8. The number of nitrogens with one attached hydrogen (secondary N) is 2. The summed E-state index contributed by atoms with van der Waals surface area (Å²) in [4.78, 5) is 14.2. The van der Waals surface area contributed by atoms with Gasteiger partial charge in [0.05, 0.1) is 10.7 Å². The number of aliphatic hydroxyl groups is 1. The molecule has 1 saturated heterocycles. The lowest BCUT2D eigenvalue weighted by Crippen LogP contribution is -2.45. The maximum atomic E-state index is 11.7. The highest BCUT2D eigenvalue weighted by Crippen LogP contribution is 2.35. The van der Waals surface area contributed by atoms with Gasteiger partial charge in [0, 0.05) is 36.6 Å². The van der Waals surface area contributed by atoms with E-state index in [9.17, 15) is 15.0 Å². The second-order valence-corrected chi connectivity index (χ2v) is 9.10. The zero-order valence-corrected chi connectivity index (χ0v) is 20.2. The fourth-order valence-corrected chi connectivity index (χ4v) is 3.98. The van der Waals surface area contributed by atoms with E-state index in [0.717, 1.165) is 37.5 Å². The molecule has 9 heteroatoms. The van der Waals surface area contributed by atoms with Gasteiger partial charge in [-0.2, -0.15) is 0 Å². The Balaban J connectivity index is 1.41. The van der Waals surface area contributed by atoms with Crippen LogP contribution in [0.2, 0.25) is 10.0 Å². The molecule has 2 aromatic carbocycles. The first-order chi connectivity index (χ1) is 15.8. The molecule has 2 aromatic rings. The van der Waals surface area contributed by atoms with Gasteiger partial charge in [-0.05, 0) is 49.7 Å². The maximum Gasteiger partial charge on any atom is 0.224 e. The van der Waals surface area contributed by atoms with E-state index in [1.165, 1.54) is 17.7 Å². The van der Waals surface area contributed by atoms with Gasteiger partial charge in [0.2, 0.25) is 5.91 Å². The van der Waals surface area contributed by atoms with Crippen molar-refractivity contribution in [3.05, 3.63) is 52.0 Å². The van der Waals surface area contributed by atoms with Crippen molar-refractivity contribution in [1.82, 2.24) is 10.2 Å². The molecule has 0 radical (unpaired) electrons. The molecule has 1 atom stereocenters. The molecule has 1 aliphatic rings. The number of hydrogen-bond acceptors (Lipinski definition) is 6. The Hall–Kier alpha value is -2.03. The summed E-state index contributed by atoms with van der Waals surface area (Å²) in [6.45, 7) is 5.01. The lowest BCUT2D eigenvalue weighted by atomic mass is 10.0. The number of phenolic OH excluding ortho intramolecular Hbond substituents is 1. The van der Waals surface area contributed by atoms with Crippen molar-refractivity contribution in [3.63, 3.8) is 0 Å². The van der Waals surface area contributed by atoms with Crippen LogP contribution in [0.1, 0.15) is 31.7 Å². The predicted octanol–water partition coefficient (Wildman–Crippen LogP) is 4.04. The number of amides is 1. The number of likely N-dealkylation sites (tertiary alicyclic amines) is 1. The van der Waals surface area contributed by atoms with Crippen LogP contribution in [-0.4, -0.2) is 59.4 Å². The molecule has 0 spiro atoms. The molecular weight excluding hydrogens is 465 g/mol. The van der Waals surface area contributed by atoms with Crippen molar-refractivity contribution in [1.29, 1.82) is 0 Å². The Labute approximate surface area is 204 Å². The van der Waals surface area contributed by atoms with Crippen LogP contribution < -0.4 is 15.4 Å². The van der Waals surface area contributed by atoms with E-state index in [1.807, 2.05) is 12.1 Å². The molecule has 0 aromatic heterocycles. The van der Waals surface area contributed by atoms with E-state index in [1.54, 1.807) is 6.92 Å². The van der Waals surface area contributed by atoms with Crippen molar-refractivity contribution >= 4 is 34.8 Å². The van der Waals surface area contributed by atoms with Gasteiger partial charge >= 0.3 is 0 Å². The standard InChI is InChI=1S/C24H31Cl2N3O4/c1-2-24(32)28-21-11-20(26)22(31)12-23(21)33-15-19(30)13-27-18-7-9-29(10-8-18)14-16-3-5-17(25)6-4-16/h3-6,11-12,18-19,27,30-31H,2,7-10,13-15H2,1H3,(H,28,32)/t19-/m1/s1. The van der Waals surface area contributed by atoms with E-state index in [0.29, 0.717) is 24.7 Å². The summed E-state index contributed by atoms with van der Waals surface area (Å²) in [6.07, 6.45) is 1.55. The third-order valence-corrected chi connectivity index (χ3v) is 6.18. The number of ether oxygens (including phenoxy) is 1. The number of halogens is 2. The largest absolute Gasteiger partial charge is 0.506 e. The summed E-state index contributed by atoms with van der Waals surface area (Å²) in [7, 11) is 0. The molecule has 0 bridgehead atoms. The number of anilines is 1. The Bertz CT molecular complexity index is 919. The average Bonchev–Trinajstić information content (AvgIpc) is 2.81. The normalized spacial score (nSPS) is 15.9. The summed E-state index contributed by atoms with van der Waals surface area (Å²) in [6, 6.07) is 11.1. The highest BCUT2D eigenvalue weighted by Gasteiger charge is 2.20. The van der Waals surface area contributed by atoms with Gasteiger partial charge in [0.25, 0.3) is 0 Å². The molecule has 4 N–H and O–H groups in total. The topological polar surface area (TPSA) is 94.1 Å². The molecule has 0 aliphatic carbocycles. The molecule has 1 aliphatic heterocycles. The highest BCUT2D eigenvalue weighted by atomic mass is 35.5. The molecule has 0 saturated carbocycles. The fraction of sp³-hybridized carbons (Fsp3) is 0.458. The molecule has 3 rings (SSSR count). The maximum absolute atomic E-state index is 11.7. The van der Waals surface area contributed by atoms with Crippen LogP contribution in [-0.2, 0) is 11.3 Å². The van der Waals surface area contributed by atoms with Crippen molar-refractivity contribution in [3.8, 4) is 11.5 Å². The van der Waals surface area contributed by atoms with Gasteiger partial charge in [-0.15, -0.1) is 0 Å². The number of carbonyl (C=O) groups excluding carboxylic acids is 1. The minimum atomic E-state index is -0.746. The number of hydrogen-bond donors (Lipinski definition) is 4. The number of carbonyl (C=O) groups is 1. The predicted molar refractivity (Wildman–Crippen MR) is 131 cm³/mol. The summed E-state index contributed by atoms with van der Waals surface area (Å²) in [5.41, 5.74) is 1.61. The van der Waals surface area contributed by atoms with Crippen LogP contribution in [0.25, 0.3) is 0 Å². The van der Waals surface area contributed by atoms with Gasteiger partial charge < -0.3 is 25.6 Å². The van der Waals surface area contributed by atoms with E-state index < -0.39 is 6.10 Å². The minimum Gasteiger partial charge on any atom is -0.506 e. The Morgan fingerprint density at radius 3 is 2.58 bits per heavy atom. The summed E-state index contributed by atoms with van der Waals surface area (Å²) < 4.78 is 5.67. The van der Waals surface area contributed by atoms with Crippen molar-refractivity contribution < 1.29 is 19.7 Å². The van der Waals surface area contributed by atoms with Gasteiger partial charge in [-0.1, -0.05) is 42.3 Å². The Kier molecular flexibility index (Phi) is 9.64. The second kappa shape index (κ2) is 12.4. The van der Waals surface area contributed by atoms with E-state index in [4.69, 9.17) is 27.9 Å². The monoisotopic (exact) mass is 495 g/mol. The summed E-state index contributed by atoms with van der Waals surface area (Å²) >= 11 is 11.9. The van der Waals surface area contributed by atoms with Crippen molar-refractivity contribution in [2.24, 2.45) is 0 Å². The van der Waals surface area contributed by atoms with Crippen LogP contribution in [0.4, 0.5) is 5.69 Å². The van der Waals surface area contributed by atoms with E-state index >= 15 is 0 Å². The van der Waals surface area contributed by atoms with Gasteiger partial charge in [-0.25, -0.2) is 0 Å². The number of rotatable bonds is 10. The first kappa shape index (κ1) is 25.6. The van der Waals surface area contributed by atoms with Crippen LogP contribution in [0.3, 0.4) is 0 Å². The lowest BCUT2D eigenvalue weighted by molar-refractivity contribution is -0.115. The van der Waals surface area contributed by atoms with Gasteiger partial charge in [0.15, 0.2) is 0 Å². The number of aliphatic hydroxyl groups excluding tert-OH is 1. The Morgan fingerprint density at radius 2 is 1.91 bits per heavy atom. The van der Waals surface area contributed by atoms with E-state index in [-0.39, 0.29) is 29.0 Å². The van der Waals surface area contributed by atoms with Crippen LogP contribution in [0.15, 0.2) is 36.4 Å². The number of benzene rings is 2. The van der Waals surface area contributed by atoms with Crippen molar-refractivity contribution in [2.75, 3.05) is 31.6 Å². The van der Waals surface area contributed by atoms with Gasteiger partial charge in [-0.3, -0.25) is 9.69 Å². The van der Waals surface area contributed by atoms with E-state index in [2.05, 4.69) is 27.7 Å². The first-order valence-electron chi connectivity index (χ1n) is 11.2. The SMILES string of the molecule is CCC(=O)Nc1cc(Cl)c(O)cc1OC[C@H](O)CNC1CCN(Cc2ccc(Cl)cc2)CC1. The molecule has 180 valence electrons. The summed E-state index contributed by atoms with van der Waals surface area (Å²) in [5, 5.41) is 27.2. The molecule has 0 unspecified atom stereocenters. The number of aromatic hydroxyl groups is 1. The minimum absolute atomic E-state index is 0.0124. The zero-order valence-electron chi connectivity index (χ0n) is 18.7. The third-order valence-electron chi connectivity index (χ3n) is 5.62. The average molecular weight is 496 g/mol. The number of piperidine rings is 1. The molecule has 33 heavy (non-hydrogen) atoms. The lowest BCUT2D eigenvalue weighted by Gasteiger charge is -2.33. The molecule has 1 amide bonds. The number of phenols is 1. The molecule has 1 fully saturated rings. The van der Waals surface area contributed by atoms with Crippen LogP contribution in [0.5, 0.6) is 11.5 Å². The first-order valence-corrected chi connectivity index (χ1v) is 11.9. The fourth-order valence-electron chi connectivity index (χ4n) is 3.69. The smallest absolute Gasteiger partial charge is 0.224 e. The van der Waals surface area contributed by atoms with Crippen LogP contribution in [0, 0.1) is 0 Å². The number of nitrogens with zero attached hydrogens (tertiary/aromatic N) is 1.